The fraction of sp³-hybridized carbons (Fsp3) is 0.850. The fourth-order valence-electron chi connectivity index (χ4n) is 14.0. The van der Waals surface area contributed by atoms with Crippen LogP contribution in [-0.2, 0) is 16.7 Å². The summed E-state index contributed by atoms with van der Waals surface area (Å²) < 4.78 is 0. The molecule has 44 heavy (non-hydrogen) atoms. The second-order valence-electron chi connectivity index (χ2n) is 18.9. The predicted octanol–water partition coefficient (Wildman–Crippen LogP) is 8.90. The lowest BCUT2D eigenvalue weighted by molar-refractivity contribution is 0.0129. The zero-order valence-electron chi connectivity index (χ0n) is 28.2. The standard InChI is InChI=1S/C40H62N2P2/c1-39(2,3)33-5-4-28(36(20-33)40(43,34-6-8-41-21-34)35-7-9-42-22-35)23-44(37-29-12-24-10-25(14-29)15-30(37)13-24)38-31-16-26-11-27(18-31)19-32(38)17-26/h4-5,20,24-27,29-32,34-35,37-38,41-42H,6-19,21-23,43H2,1-3H3. The lowest BCUT2D eigenvalue weighted by Gasteiger charge is -2.62. The zero-order valence-corrected chi connectivity index (χ0v) is 30.3. The van der Waals surface area contributed by atoms with Gasteiger partial charge in [0.15, 0.2) is 0 Å². The summed E-state index contributed by atoms with van der Waals surface area (Å²) in [4.78, 5) is 0. The Kier molecular flexibility index (Phi) is 7.71. The first-order valence-electron chi connectivity index (χ1n) is 19.3. The Hall–Kier alpha value is -0.0000000000000000555. The summed E-state index contributed by atoms with van der Waals surface area (Å²) in [6.07, 6.45) is 20.1. The molecule has 10 aliphatic rings. The van der Waals surface area contributed by atoms with Gasteiger partial charge in [0, 0.05) is 5.16 Å². The van der Waals surface area contributed by atoms with E-state index in [1.807, 2.05) is 0 Å². The maximum absolute atomic E-state index is 3.82. The highest BCUT2D eigenvalue weighted by atomic mass is 31.1. The minimum absolute atomic E-state index is 0.00271. The first kappa shape index (κ1) is 30.1. The van der Waals surface area contributed by atoms with Crippen molar-refractivity contribution < 1.29 is 0 Å². The summed E-state index contributed by atoms with van der Waals surface area (Å²) in [7, 11) is 3.63. The molecule has 2 aliphatic heterocycles. The summed E-state index contributed by atoms with van der Waals surface area (Å²) in [5.74, 6) is 10.1. The molecule has 8 bridgehead atoms. The fourth-order valence-corrected chi connectivity index (χ4v) is 19.4. The molecule has 8 saturated carbocycles. The third kappa shape index (κ3) is 4.99. The van der Waals surface area contributed by atoms with Crippen molar-refractivity contribution in [2.45, 2.75) is 126 Å². The van der Waals surface area contributed by atoms with Crippen molar-refractivity contribution >= 4 is 17.2 Å². The summed E-state index contributed by atoms with van der Waals surface area (Å²) in [5, 5.41) is 7.82. The lowest BCUT2D eigenvalue weighted by Crippen LogP contribution is -2.52. The van der Waals surface area contributed by atoms with Gasteiger partial charge in [0.1, 0.15) is 0 Å². The predicted molar refractivity (Wildman–Crippen MR) is 191 cm³/mol. The van der Waals surface area contributed by atoms with E-state index in [2.05, 4.69) is 58.8 Å². The van der Waals surface area contributed by atoms with E-state index in [9.17, 15) is 0 Å². The second-order valence-corrected chi connectivity index (χ2v) is 22.4. The van der Waals surface area contributed by atoms with Crippen molar-refractivity contribution in [3.8, 4) is 0 Å². The van der Waals surface area contributed by atoms with E-state index in [1.165, 1.54) is 45.2 Å². The van der Waals surface area contributed by atoms with E-state index in [0.717, 1.165) is 70.5 Å². The van der Waals surface area contributed by atoms with Crippen molar-refractivity contribution in [1.29, 1.82) is 0 Å². The Balaban J connectivity index is 1.15. The molecule has 0 aromatic heterocycles. The molecule has 0 radical (unpaired) electrons. The van der Waals surface area contributed by atoms with Crippen LogP contribution in [0.5, 0.6) is 0 Å². The Morgan fingerprint density at radius 3 is 1.52 bits per heavy atom. The largest absolute Gasteiger partial charge is 0.316 e. The average molecular weight is 633 g/mol. The van der Waals surface area contributed by atoms with Crippen LogP contribution >= 0.6 is 17.2 Å². The van der Waals surface area contributed by atoms with Crippen LogP contribution in [0.1, 0.15) is 115 Å². The van der Waals surface area contributed by atoms with Gasteiger partial charge in [0.2, 0.25) is 0 Å². The molecule has 242 valence electrons. The summed E-state index contributed by atoms with van der Waals surface area (Å²) >= 11 is 0. The van der Waals surface area contributed by atoms with Gasteiger partial charge in [-0.05, 0) is 202 Å². The van der Waals surface area contributed by atoms with E-state index in [-0.39, 0.29) is 18.5 Å². The number of rotatable bonds is 7. The van der Waals surface area contributed by atoms with E-state index in [4.69, 9.17) is 0 Å². The number of hydrogen-bond donors (Lipinski definition) is 2. The Bertz CT molecular complexity index is 1110. The topological polar surface area (TPSA) is 24.1 Å². The van der Waals surface area contributed by atoms with Gasteiger partial charge in [0.25, 0.3) is 0 Å². The van der Waals surface area contributed by atoms with Crippen LogP contribution < -0.4 is 10.6 Å². The highest BCUT2D eigenvalue weighted by Gasteiger charge is 2.57. The van der Waals surface area contributed by atoms with Crippen molar-refractivity contribution in [1.82, 2.24) is 10.6 Å². The SMILES string of the molecule is CC(C)(C)c1ccc(CP(C2C3CC4CC(C3)CC2C4)C2C3CC4CC(C3)CC2C4)c(C(P)(C2CCNC2)C2CCNC2)c1. The smallest absolute Gasteiger partial charge is 0.0182 e. The van der Waals surface area contributed by atoms with Crippen LogP contribution in [0, 0.1) is 59.2 Å². The van der Waals surface area contributed by atoms with Gasteiger partial charge in [-0.2, -0.15) is 0 Å². The minimum atomic E-state index is -0.00271. The van der Waals surface area contributed by atoms with Crippen LogP contribution in [0.3, 0.4) is 0 Å². The molecular formula is C40H62N2P2. The molecule has 10 fully saturated rings. The van der Waals surface area contributed by atoms with E-state index in [0.29, 0.717) is 0 Å². The number of benzene rings is 1. The highest BCUT2D eigenvalue weighted by Crippen LogP contribution is 2.72. The van der Waals surface area contributed by atoms with Gasteiger partial charge in [-0.3, -0.25) is 0 Å². The quantitative estimate of drug-likeness (QED) is 0.294. The molecule has 4 heteroatoms. The molecule has 3 unspecified atom stereocenters. The molecule has 11 rings (SSSR count). The van der Waals surface area contributed by atoms with Crippen LogP contribution in [0.4, 0.5) is 0 Å². The van der Waals surface area contributed by atoms with Gasteiger partial charge in [-0.1, -0.05) is 46.9 Å². The van der Waals surface area contributed by atoms with Gasteiger partial charge in [0.05, 0.1) is 0 Å². The molecule has 0 amide bonds. The summed E-state index contributed by atoms with van der Waals surface area (Å²) in [5.41, 5.74) is 7.49. The molecule has 2 saturated heterocycles. The summed E-state index contributed by atoms with van der Waals surface area (Å²) in [6.45, 7) is 12.1. The second kappa shape index (κ2) is 11.3. The average Bonchev–Trinajstić information content (AvgIpc) is 3.71. The third-order valence-corrected chi connectivity index (χ3v) is 20.6. The molecule has 2 nitrogen and oxygen atoms in total. The Morgan fingerprint density at radius 2 is 1.14 bits per heavy atom. The summed E-state index contributed by atoms with van der Waals surface area (Å²) in [6, 6.07) is 8.09. The molecule has 1 aromatic rings. The minimum Gasteiger partial charge on any atom is -0.316 e. The van der Waals surface area contributed by atoms with Crippen LogP contribution in [-0.4, -0.2) is 37.5 Å². The van der Waals surface area contributed by atoms with Crippen LogP contribution in [0.2, 0.25) is 0 Å². The molecule has 2 heterocycles. The molecule has 2 N–H and O–H groups in total. The van der Waals surface area contributed by atoms with Gasteiger partial charge in [-0.25, -0.2) is 0 Å². The maximum atomic E-state index is 3.82. The first-order valence-corrected chi connectivity index (χ1v) is 21.6. The van der Waals surface area contributed by atoms with Crippen LogP contribution in [0.25, 0.3) is 0 Å². The van der Waals surface area contributed by atoms with Crippen LogP contribution in [0.15, 0.2) is 18.2 Å². The zero-order chi connectivity index (χ0) is 29.8. The van der Waals surface area contributed by atoms with Crippen molar-refractivity contribution in [3.63, 3.8) is 0 Å². The molecule has 8 aliphatic carbocycles. The lowest BCUT2D eigenvalue weighted by atomic mass is 9.55. The Morgan fingerprint density at radius 1 is 0.682 bits per heavy atom. The normalized spacial score (nSPS) is 46.1. The molecular weight excluding hydrogens is 570 g/mol. The van der Waals surface area contributed by atoms with Crippen molar-refractivity contribution in [2.75, 3.05) is 26.2 Å². The monoisotopic (exact) mass is 632 g/mol. The first-order chi connectivity index (χ1) is 21.2. The van der Waals surface area contributed by atoms with Crippen molar-refractivity contribution in [2.24, 2.45) is 59.2 Å². The van der Waals surface area contributed by atoms with E-state index < -0.39 is 0 Å². The van der Waals surface area contributed by atoms with E-state index >= 15 is 0 Å². The number of hydrogen-bond acceptors (Lipinski definition) is 2. The molecule has 0 spiro atoms. The third-order valence-electron chi connectivity index (χ3n) is 15.4. The number of nitrogens with one attached hydrogen (secondary N) is 2. The Labute approximate surface area is 273 Å². The van der Waals surface area contributed by atoms with Gasteiger partial charge >= 0.3 is 0 Å². The molecule has 1 aromatic carbocycles. The van der Waals surface area contributed by atoms with E-state index in [1.54, 1.807) is 80.9 Å². The maximum Gasteiger partial charge on any atom is 0.0182 e. The molecule has 3 atom stereocenters. The van der Waals surface area contributed by atoms with Gasteiger partial charge in [-0.15, -0.1) is 9.24 Å². The van der Waals surface area contributed by atoms with Gasteiger partial charge < -0.3 is 10.6 Å². The van der Waals surface area contributed by atoms with Crippen molar-refractivity contribution in [3.05, 3.63) is 34.9 Å². The highest BCUT2D eigenvalue weighted by molar-refractivity contribution is 7.58.